The number of imidazole rings is 1. The lowest BCUT2D eigenvalue weighted by molar-refractivity contribution is -0.117. The summed E-state index contributed by atoms with van der Waals surface area (Å²) in [6.45, 7) is 0.817. The normalized spacial score (nSPS) is 17.3. The van der Waals surface area contributed by atoms with Crippen LogP contribution in [0.3, 0.4) is 0 Å². The molecule has 1 aliphatic heterocycles. The highest BCUT2D eigenvalue weighted by molar-refractivity contribution is 5.94. The third-order valence-corrected chi connectivity index (χ3v) is 4.80. The molecular weight excluding hydrogens is 326 g/mol. The summed E-state index contributed by atoms with van der Waals surface area (Å²) in [5.41, 5.74) is 2.60. The first-order valence-corrected chi connectivity index (χ1v) is 9.25. The van der Waals surface area contributed by atoms with E-state index in [0.29, 0.717) is 6.42 Å². The number of nitrogens with one attached hydrogen (secondary N) is 1. The van der Waals surface area contributed by atoms with E-state index in [2.05, 4.69) is 5.32 Å². The van der Waals surface area contributed by atoms with E-state index in [-0.39, 0.29) is 12.0 Å². The highest BCUT2D eigenvalue weighted by Gasteiger charge is 2.18. The number of nitrogens with zero attached hydrogens (tertiary/aromatic N) is 2. The quantitative estimate of drug-likeness (QED) is 0.747. The number of anilines is 1. The Morgan fingerprint density at radius 2 is 2.00 bits per heavy atom. The third kappa shape index (κ3) is 3.63. The van der Waals surface area contributed by atoms with Gasteiger partial charge in [0, 0.05) is 24.8 Å². The molecular formula is C21H23N3O2. The summed E-state index contributed by atoms with van der Waals surface area (Å²) in [6, 6.07) is 15.8. The molecule has 0 spiro atoms. The van der Waals surface area contributed by atoms with Gasteiger partial charge < -0.3 is 10.1 Å². The Morgan fingerprint density at radius 3 is 2.81 bits per heavy atom. The minimum absolute atomic E-state index is 0.00186. The topological polar surface area (TPSA) is 55.6 Å². The largest absolute Gasteiger partial charge is 0.378 e. The maximum Gasteiger partial charge on any atom is 0.225 e. The lowest BCUT2D eigenvalue weighted by atomic mass is 10.0. The van der Waals surface area contributed by atoms with Crippen LogP contribution in [0.25, 0.3) is 16.9 Å². The molecule has 0 saturated carbocycles. The molecule has 26 heavy (non-hydrogen) atoms. The van der Waals surface area contributed by atoms with Gasteiger partial charge in [0.15, 0.2) is 0 Å². The molecule has 4 rings (SSSR count). The van der Waals surface area contributed by atoms with E-state index in [1.54, 1.807) is 0 Å². The van der Waals surface area contributed by atoms with Gasteiger partial charge in [-0.1, -0.05) is 36.4 Å². The zero-order chi connectivity index (χ0) is 17.8. The number of ether oxygens (including phenoxy) is 1. The van der Waals surface area contributed by atoms with E-state index in [9.17, 15) is 4.79 Å². The number of hydrogen-bond donors (Lipinski definition) is 1. The Morgan fingerprint density at radius 1 is 1.15 bits per heavy atom. The number of aromatic nitrogens is 2. The summed E-state index contributed by atoms with van der Waals surface area (Å²) in [5.74, 6) is 0.725. The monoisotopic (exact) mass is 349 g/mol. The molecule has 1 aliphatic rings. The van der Waals surface area contributed by atoms with E-state index in [0.717, 1.165) is 48.6 Å². The number of rotatable bonds is 5. The van der Waals surface area contributed by atoms with Gasteiger partial charge in [-0.3, -0.25) is 9.20 Å². The van der Waals surface area contributed by atoms with Crippen LogP contribution >= 0.6 is 0 Å². The molecule has 1 atom stereocenters. The maximum atomic E-state index is 12.6. The second kappa shape index (κ2) is 7.70. The summed E-state index contributed by atoms with van der Waals surface area (Å²) in [4.78, 5) is 17.3. The van der Waals surface area contributed by atoms with Gasteiger partial charge in [-0.2, -0.15) is 0 Å². The fourth-order valence-electron chi connectivity index (χ4n) is 3.43. The van der Waals surface area contributed by atoms with Gasteiger partial charge in [0.1, 0.15) is 17.2 Å². The predicted molar refractivity (Wildman–Crippen MR) is 102 cm³/mol. The van der Waals surface area contributed by atoms with Crippen LogP contribution in [0.1, 0.15) is 32.1 Å². The van der Waals surface area contributed by atoms with Crippen molar-refractivity contribution < 1.29 is 9.53 Å². The number of carbonyl (C=O) groups excluding carboxylic acids is 1. The molecule has 1 amide bonds. The minimum Gasteiger partial charge on any atom is -0.378 e. The summed E-state index contributed by atoms with van der Waals surface area (Å²) < 4.78 is 7.66. The third-order valence-electron chi connectivity index (χ3n) is 4.80. The molecule has 1 aromatic carbocycles. The predicted octanol–water partition coefficient (Wildman–Crippen LogP) is 4.29. The number of fused-ring (bicyclic) bond motifs is 1. The van der Waals surface area contributed by atoms with Gasteiger partial charge in [-0.25, -0.2) is 4.98 Å². The fraction of sp³-hybridized carbons (Fsp3) is 0.333. The molecule has 2 aromatic heterocycles. The van der Waals surface area contributed by atoms with Crippen LogP contribution in [0.5, 0.6) is 0 Å². The summed E-state index contributed by atoms with van der Waals surface area (Å²) in [6.07, 6.45) is 6.74. The van der Waals surface area contributed by atoms with Crippen molar-refractivity contribution in [3.63, 3.8) is 0 Å². The fourth-order valence-corrected chi connectivity index (χ4v) is 3.43. The van der Waals surface area contributed by atoms with Gasteiger partial charge in [0.2, 0.25) is 5.91 Å². The Bertz CT molecular complexity index is 883. The summed E-state index contributed by atoms with van der Waals surface area (Å²) in [7, 11) is 0. The smallest absolute Gasteiger partial charge is 0.225 e. The Kier molecular flexibility index (Phi) is 4.97. The first kappa shape index (κ1) is 16.8. The SMILES string of the molecule is O=C(CCC1CCCCO1)Nc1c(-c2ccccc2)nc2ccccn12. The molecule has 0 bridgehead atoms. The molecule has 134 valence electrons. The van der Waals surface area contributed by atoms with Gasteiger partial charge in [-0.15, -0.1) is 0 Å². The molecule has 1 N–H and O–H groups in total. The molecule has 5 heteroatoms. The number of hydrogen-bond acceptors (Lipinski definition) is 3. The lowest BCUT2D eigenvalue weighted by Crippen LogP contribution is -2.22. The first-order chi connectivity index (χ1) is 12.8. The van der Waals surface area contributed by atoms with Crippen molar-refractivity contribution in [1.29, 1.82) is 0 Å². The average molecular weight is 349 g/mol. The van der Waals surface area contributed by atoms with Crippen molar-refractivity contribution in [2.45, 2.75) is 38.2 Å². The van der Waals surface area contributed by atoms with Crippen molar-refractivity contribution in [1.82, 2.24) is 9.38 Å². The molecule has 5 nitrogen and oxygen atoms in total. The zero-order valence-corrected chi connectivity index (χ0v) is 14.7. The summed E-state index contributed by atoms with van der Waals surface area (Å²) in [5, 5.41) is 3.08. The standard InChI is InChI=1S/C21H23N3O2/c25-19(13-12-17-10-5-7-15-26-17)23-21-20(16-8-2-1-3-9-16)22-18-11-4-6-14-24(18)21/h1-4,6,8-9,11,14,17H,5,7,10,12-13,15H2,(H,23,25). The van der Waals surface area contributed by atoms with E-state index in [1.807, 2.05) is 59.1 Å². The van der Waals surface area contributed by atoms with Crippen LogP contribution in [-0.2, 0) is 9.53 Å². The number of pyridine rings is 1. The lowest BCUT2D eigenvalue weighted by Gasteiger charge is -2.22. The van der Waals surface area contributed by atoms with Gasteiger partial charge in [-0.05, 0) is 37.8 Å². The van der Waals surface area contributed by atoms with E-state index < -0.39 is 0 Å². The number of carbonyl (C=O) groups is 1. The van der Waals surface area contributed by atoms with Gasteiger partial charge in [0.25, 0.3) is 0 Å². The average Bonchev–Trinajstić information content (AvgIpc) is 3.06. The van der Waals surface area contributed by atoms with Crippen LogP contribution < -0.4 is 5.32 Å². The van der Waals surface area contributed by atoms with Gasteiger partial charge in [0.05, 0.1) is 6.10 Å². The van der Waals surface area contributed by atoms with E-state index in [4.69, 9.17) is 9.72 Å². The number of amides is 1. The minimum atomic E-state index is 0.00186. The molecule has 1 saturated heterocycles. The highest BCUT2D eigenvalue weighted by Crippen LogP contribution is 2.29. The van der Waals surface area contributed by atoms with E-state index >= 15 is 0 Å². The second-order valence-electron chi connectivity index (χ2n) is 6.68. The summed E-state index contributed by atoms with van der Waals surface area (Å²) >= 11 is 0. The van der Waals surface area contributed by atoms with Crippen LogP contribution in [0.2, 0.25) is 0 Å². The van der Waals surface area contributed by atoms with Crippen molar-refractivity contribution in [2.24, 2.45) is 0 Å². The Balaban J connectivity index is 1.55. The van der Waals surface area contributed by atoms with Crippen molar-refractivity contribution in [3.05, 3.63) is 54.7 Å². The van der Waals surface area contributed by atoms with Crippen LogP contribution in [0.4, 0.5) is 5.82 Å². The first-order valence-electron chi connectivity index (χ1n) is 9.25. The van der Waals surface area contributed by atoms with Crippen LogP contribution in [0.15, 0.2) is 54.7 Å². The molecule has 0 aliphatic carbocycles. The van der Waals surface area contributed by atoms with Crippen LogP contribution in [-0.4, -0.2) is 28.0 Å². The Labute approximate surface area is 153 Å². The number of benzene rings is 1. The molecule has 1 fully saturated rings. The van der Waals surface area contributed by atoms with Crippen molar-refractivity contribution in [2.75, 3.05) is 11.9 Å². The van der Waals surface area contributed by atoms with Crippen molar-refractivity contribution in [3.8, 4) is 11.3 Å². The van der Waals surface area contributed by atoms with Crippen LogP contribution in [0, 0.1) is 0 Å². The van der Waals surface area contributed by atoms with E-state index in [1.165, 1.54) is 6.42 Å². The maximum absolute atomic E-state index is 12.6. The molecule has 3 heterocycles. The van der Waals surface area contributed by atoms with Gasteiger partial charge >= 0.3 is 0 Å². The molecule has 3 aromatic rings. The van der Waals surface area contributed by atoms with Crippen molar-refractivity contribution >= 4 is 17.4 Å². The highest BCUT2D eigenvalue weighted by atomic mass is 16.5. The molecule has 0 radical (unpaired) electrons. The second-order valence-corrected chi connectivity index (χ2v) is 6.68. The Hall–Kier alpha value is -2.66. The molecule has 1 unspecified atom stereocenters. The zero-order valence-electron chi connectivity index (χ0n) is 14.7.